The van der Waals surface area contributed by atoms with Crippen LogP contribution in [0.2, 0.25) is 0 Å². The molecule has 0 aliphatic carbocycles. The van der Waals surface area contributed by atoms with Crippen molar-refractivity contribution in [2.75, 3.05) is 37.0 Å². The van der Waals surface area contributed by atoms with Gasteiger partial charge in [0.15, 0.2) is 5.82 Å². The summed E-state index contributed by atoms with van der Waals surface area (Å²) in [6.45, 7) is 3.98. The molecular weight excluding hydrogens is 192 g/mol. The smallest absolute Gasteiger partial charge is 0.151 e. The summed E-state index contributed by atoms with van der Waals surface area (Å²) < 4.78 is 0. The van der Waals surface area contributed by atoms with Crippen LogP contribution in [0.5, 0.6) is 0 Å². The monoisotopic (exact) mass is 208 g/mol. The minimum Gasteiger partial charge on any atom is -0.396 e. The number of aliphatic hydroxyl groups excluding tert-OH is 1. The predicted molar refractivity (Wildman–Crippen MR) is 59.0 cm³/mol. The molecule has 1 aromatic rings. The molecule has 0 aromatic carbocycles. The van der Waals surface area contributed by atoms with Gasteiger partial charge in [-0.2, -0.15) is 0 Å². The Hall–Kier alpha value is -1.36. The summed E-state index contributed by atoms with van der Waals surface area (Å²) in [5, 5.41) is 20.2. The van der Waals surface area contributed by atoms with Crippen LogP contribution in [0.15, 0.2) is 12.1 Å². The van der Waals surface area contributed by atoms with Gasteiger partial charge in [0.25, 0.3) is 0 Å². The van der Waals surface area contributed by atoms with Gasteiger partial charge in [0.1, 0.15) is 5.82 Å². The summed E-state index contributed by atoms with van der Waals surface area (Å²) in [5.41, 5.74) is 0.0311. The standard InChI is InChI=1S/C10H16N4O/c1-10(7-15)5-14(6-10)9-4-3-8(11-2)12-13-9/h3-4,15H,5-7H2,1-2H3,(H,11,12). The highest BCUT2D eigenvalue weighted by molar-refractivity contribution is 5.46. The van der Waals surface area contributed by atoms with E-state index >= 15 is 0 Å². The molecule has 0 atom stereocenters. The summed E-state index contributed by atoms with van der Waals surface area (Å²) >= 11 is 0. The molecule has 1 aromatic heterocycles. The lowest BCUT2D eigenvalue weighted by atomic mass is 9.83. The number of aromatic nitrogens is 2. The van der Waals surface area contributed by atoms with Crippen molar-refractivity contribution in [1.82, 2.24) is 10.2 Å². The van der Waals surface area contributed by atoms with Crippen molar-refractivity contribution in [2.45, 2.75) is 6.92 Å². The van der Waals surface area contributed by atoms with E-state index in [-0.39, 0.29) is 12.0 Å². The van der Waals surface area contributed by atoms with Crippen molar-refractivity contribution in [3.8, 4) is 0 Å². The van der Waals surface area contributed by atoms with E-state index in [4.69, 9.17) is 5.11 Å². The molecule has 15 heavy (non-hydrogen) atoms. The van der Waals surface area contributed by atoms with Gasteiger partial charge < -0.3 is 15.3 Å². The van der Waals surface area contributed by atoms with Crippen LogP contribution in [0, 0.1) is 5.41 Å². The van der Waals surface area contributed by atoms with Crippen molar-refractivity contribution >= 4 is 11.6 Å². The maximum atomic E-state index is 9.12. The second-order valence-electron chi connectivity index (χ2n) is 4.35. The summed E-state index contributed by atoms with van der Waals surface area (Å²) in [5.74, 6) is 1.64. The molecule has 0 spiro atoms. The number of nitrogens with one attached hydrogen (secondary N) is 1. The SMILES string of the molecule is CNc1ccc(N2CC(C)(CO)C2)nn1. The van der Waals surface area contributed by atoms with Crippen LogP contribution in [-0.4, -0.2) is 42.0 Å². The summed E-state index contributed by atoms with van der Waals surface area (Å²) in [7, 11) is 1.82. The molecule has 0 amide bonds. The molecule has 5 nitrogen and oxygen atoms in total. The molecule has 1 aliphatic heterocycles. The molecule has 0 radical (unpaired) electrons. The zero-order valence-electron chi connectivity index (χ0n) is 9.06. The molecule has 2 N–H and O–H groups in total. The number of nitrogens with zero attached hydrogens (tertiary/aromatic N) is 3. The molecule has 1 saturated heterocycles. The third-order valence-corrected chi connectivity index (χ3v) is 2.76. The average Bonchev–Trinajstić information content (AvgIpc) is 2.25. The van der Waals surface area contributed by atoms with E-state index in [1.807, 2.05) is 19.2 Å². The van der Waals surface area contributed by atoms with E-state index in [1.165, 1.54) is 0 Å². The van der Waals surface area contributed by atoms with Crippen LogP contribution in [0.4, 0.5) is 11.6 Å². The highest BCUT2D eigenvalue weighted by atomic mass is 16.3. The van der Waals surface area contributed by atoms with E-state index in [9.17, 15) is 0 Å². The Balaban J connectivity index is 2.01. The van der Waals surface area contributed by atoms with Gasteiger partial charge in [-0.1, -0.05) is 6.92 Å². The Morgan fingerprint density at radius 2 is 2.20 bits per heavy atom. The Kier molecular flexibility index (Phi) is 2.48. The molecule has 0 unspecified atom stereocenters. The lowest BCUT2D eigenvalue weighted by molar-refractivity contribution is 0.110. The number of aliphatic hydroxyl groups is 1. The van der Waals surface area contributed by atoms with Gasteiger partial charge in [0, 0.05) is 25.6 Å². The van der Waals surface area contributed by atoms with Gasteiger partial charge in [-0.3, -0.25) is 0 Å². The number of hydrogen-bond acceptors (Lipinski definition) is 5. The number of hydrogen-bond donors (Lipinski definition) is 2. The van der Waals surface area contributed by atoms with Crippen LogP contribution in [-0.2, 0) is 0 Å². The molecule has 1 aliphatic rings. The predicted octanol–water partition coefficient (Wildman–Crippen LogP) is 0.337. The van der Waals surface area contributed by atoms with E-state index in [0.717, 1.165) is 24.7 Å². The van der Waals surface area contributed by atoms with Crippen molar-refractivity contribution in [2.24, 2.45) is 5.41 Å². The average molecular weight is 208 g/mol. The minimum atomic E-state index is 0.0311. The molecule has 5 heteroatoms. The first kappa shape index (κ1) is 10.2. The van der Waals surface area contributed by atoms with Gasteiger partial charge in [-0.15, -0.1) is 10.2 Å². The van der Waals surface area contributed by atoms with Gasteiger partial charge in [-0.05, 0) is 12.1 Å². The van der Waals surface area contributed by atoms with Gasteiger partial charge in [0.05, 0.1) is 6.61 Å². The first-order chi connectivity index (χ1) is 7.17. The maximum Gasteiger partial charge on any atom is 0.151 e. The maximum absolute atomic E-state index is 9.12. The van der Waals surface area contributed by atoms with E-state index in [1.54, 1.807) is 0 Å². The van der Waals surface area contributed by atoms with Crippen LogP contribution < -0.4 is 10.2 Å². The quantitative estimate of drug-likeness (QED) is 0.750. The third-order valence-electron chi connectivity index (χ3n) is 2.76. The van der Waals surface area contributed by atoms with Crippen LogP contribution in [0.1, 0.15) is 6.92 Å². The lowest BCUT2D eigenvalue weighted by Gasteiger charge is -2.47. The molecule has 0 bridgehead atoms. The van der Waals surface area contributed by atoms with Crippen molar-refractivity contribution in [3.63, 3.8) is 0 Å². The van der Waals surface area contributed by atoms with Gasteiger partial charge in [0.2, 0.25) is 0 Å². The third kappa shape index (κ3) is 1.87. The highest BCUT2D eigenvalue weighted by Crippen LogP contribution is 2.32. The highest BCUT2D eigenvalue weighted by Gasteiger charge is 2.38. The Labute approximate surface area is 89.1 Å². The fourth-order valence-electron chi connectivity index (χ4n) is 1.76. The minimum absolute atomic E-state index is 0.0311. The molecule has 2 rings (SSSR count). The fourth-order valence-corrected chi connectivity index (χ4v) is 1.76. The summed E-state index contributed by atoms with van der Waals surface area (Å²) in [6.07, 6.45) is 0. The van der Waals surface area contributed by atoms with Crippen LogP contribution in [0.25, 0.3) is 0 Å². The normalized spacial score (nSPS) is 18.5. The second-order valence-corrected chi connectivity index (χ2v) is 4.35. The van der Waals surface area contributed by atoms with Crippen LogP contribution in [0.3, 0.4) is 0 Å². The lowest BCUT2D eigenvalue weighted by Crippen LogP contribution is -2.57. The Morgan fingerprint density at radius 3 is 2.67 bits per heavy atom. The zero-order chi connectivity index (χ0) is 10.9. The molecule has 2 heterocycles. The summed E-state index contributed by atoms with van der Waals surface area (Å²) in [4.78, 5) is 2.11. The zero-order valence-corrected chi connectivity index (χ0v) is 9.06. The molecular formula is C10H16N4O. The van der Waals surface area contributed by atoms with E-state index in [2.05, 4.69) is 27.3 Å². The fraction of sp³-hybridized carbons (Fsp3) is 0.600. The van der Waals surface area contributed by atoms with Crippen molar-refractivity contribution in [3.05, 3.63) is 12.1 Å². The Morgan fingerprint density at radius 1 is 1.47 bits per heavy atom. The second kappa shape index (κ2) is 3.66. The van der Waals surface area contributed by atoms with Crippen molar-refractivity contribution in [1.29, 1.82) is 0 Å². The topological polar surface area (TPSA) is 61.3 Å². The first-order valence-corrected chi connectivity index (χ1v) is 5.04. The largest absolute Gasteiger partial charge is 0.396 e. The van der Waals surface area contributed by atoms with E-state index < -0.39 is 0 Å². The Bertz CT molecular complexity index is 332. The van der Waals surface area contributed by atoms with E-state index in [0.29, 0.717) is 0 Å². The number of rotatable bonds is 3. The first-order valence-electron chi connectivity index (χ1n) is 5.04. The van der Waals surface area contributed by atoms with Gasteiger partial charge in [-0.25, -0.2) is 0 Å². The van der Waals surface area contributed by atoms with Gasteiger partial charge >= 0.3 is 0 Å². The molecule has 82 valence electrons. The molecule has 1 fully saturated rings. The van der Waals surface area contributed by atoms with Crippen LogP contribution >= 0.6 is 0 Å². The van der Waals surface area contributed by atoms with Crippen molar-refractivity contribution < 1.29 is 5.11 Å². The summed E-state index contributed by atoms with van der Waals surface area (Å²) in [6, 6.07) is 3.84. The molecule has 0 saturated carbocycles. The number of anilines is 2.